The third-order valence-electron chi connectivity index (χ3n) is 3.73. The number of pyridine rings is 1. The molecule has 2 amide bonds. The number of rotatable bonds is 8. The summed E-state index contributed by atoms with van der Waals surface area (Å²) in [4.78, 5) is 27.8. The molecular weight excluding hydrogens is 381 g/mol. The van der Waals surface area contributed by atoms with Gasteiger partial charge in [-0.2, -0.15) is 11.3 Å². The van der Waals surface area contributed by atoms with Gasteiger partial charge in [0.05, 0.1) is 0 Å². The normalized spacial score (nSPS) is 10.3. The number of aromatic nitrogens is 1. The van der Waals surface area contributed by atoms with Crippen LogP contribution in [0.2, 0.25) is 0 Å². The maximum Gasteiger partial charge on any atom is 0.252 e. The van der Waals surface area contributed by atoms with E-state index in [4.69, 9.17) is 4.74 Å². The van der Waals surface area contributed by atoms with Gasteiger partial charge in [0.25, 0.3) is 5.91 Å². The van der Waals surface area contributed by atoms with E-state index in [0.29, 0.717) is 23.7 Å². The van der Waals surface area contributed by atoms with Crippen LogP contribution in [-0.4, -0.2) is 23.3 Å². The molecule has 0 bridgehead atoms. The molecule has 0 aliphatic heterocycles. The third-order valence-corrected chi connectivity index (χ3v) is 4.41. The molecule has 0 radical (unpaired) electrons. The van der Waals surface area contributed by atoms with Crippen LogP contribution in [0.4, 0.5) is 4.39 Å². The lowest BCUT2D eigenvalue weighted by Crippen LogP contribution is -2.30. The maximum atomic E-state index is 13.2. The van der Waals surface area contributed by atoms with Gasteiger partial charge in [0.1, 0.15) is 11.6 Å². The van der Waals surface area contributed by atoms with Crippen LogP contribution in [0.3, 0.4) is 0 Å². The summed E-state index contributed by atoms with van der Waals surface area (Å²) in [5.41, 5.74) is 1.39. The largest absolute Gasteiger partial charge is 0.439 e. The number of nitrogens with zero attached hydrogens (tertiary/aromatic N) is 1. The van der Waals surface area contributed by atoms with Crippen LogP contribution in [0.5, 0.6) is 11.6 Å². The number of ether oxygens (including phenoxy) is 1. The molecule has 0 unspecified atom stereocenters. The summed E-state index contributed by atoms with van der Waals surface area (Å²) in [5, 5.41) is 9.04. The van der Waals surface area contributed by atoms with Crippen LogP contribution in [0.15, 0.2) is 59.4 Å². The van der Waals surface area contributed by atoms with Crippen LogP contribution in [0.25, 0.3) is 0 Å². The van der Waals surface area contributed by atoms with Crippen LogP contribution in [0.1, 0.15) is 22.3 Å². The average Bonchev–Trinajstić information content (AvgIpc) is 3.22. The summed E-state index contributed by atoms with van der Waals surface area (Å²) >= 11 is 1.44. The molecule has 2 aromatic heterocycles. The van der Waals surface area contributed by atoms with E-state index in [1.165, 1.54) is 23.5 Å². The fourth-order valence-corrected chi connectivity index (χ4v) is 2.94. The van der Waals surface area contributed by atoms with Crippen molar-refractivity contribution in [2.75, 3.05) is 6.54 Å². The van der Waals surface area contributed by atoms with Crippen molar-refractivity contribution < 1.29 is 18.7 Å². The van der Waals surface area contributed by atoms with Gasteiger partial charge in [-0.05, 0) is 29.1 Å². The molecule has 2 N–H and O–H groups in total. The van der Waals surface area contributed by atoms with Crippen molar-refractivity contribution in [1.82, 2.24) is 15.6 Å². The highest BCUT2D eigenvalue weighted by molar-refractivity contribution is 7.08. The van der Waals surface area contributed by atoms with Crippen molar-refractivity contribution in [3.05, 3.63) is 76.4 Å². The highest BCUT2D eigenvalue weighted by Gasteiger charge is 2.07. The Kier molecular flexibility index (Phi) is 6.69. The molecule has 3 rings (SSSR count). The van der Waals surface area contributed by atoms with Gasteiger partial charge in [0.2, 0.25) is 11.8 Å². The SMILES string of the molecule is O=C(CCNC(=O)c1ccsc1)NCc1ccc(Oc2cccc(F)c2)nc1. The molecule has 8 heteroatoms. The van der Waals surface area contributed by atoms with E-state index < -0.39 is 0 Å². The zero-order chi connectivity index (χ0) is 19.8. The Morgan fingerprint density at radius 3 is 2.75 bits per heavy atom. The second-order valence-corrected chi connectivity index (χ2v) is 6.64. The van der Waals surface area contributed by atoms with Crippen molar-refractivity contribution in [3.63, 3.8) is 0 Å². The molecule has 0 atom stereocenters. The molecule has 0 spiro atoms. The van der Waals surface area contributed by atoms with Gasteiger partial charge in [-0.15, -0.1) is 0 Å². The van der Waals surface area contributed by atoms with Gasteiger partial charge in [0, 0.05) is 48.8 Å². The molecule has 144 valence electrons. The molecule has 0 aliphatic carbocycles. The number of hydrogen-bond acceptors (Lipinski definition) is 5. The summed E-state index contributed by atoms with van der Waals surface area (Å²) in [6.07, 6.45) is 1.76. The Labute approximate surface area is 165 Å². The topological polar surface area (TPSA) is 80.3 Å². The van der Waals surface area contributed by atoms with Gasteiger partial charge in [-0.3, -0.25) is 9.59 Å². The summed E-state index contributed by atoms with van der Waals surface area (Å²) in [6.45, 7) is 0.573. The minimum atomic E-state index is -0.386. The van der Waals surface area contributed by atoms with E-state index in [-0.39, 0.29) is 30.6 Å². The Morgan fingerprint density at radius 2 is 2.04 bits per heavy atom. The second-order valence-electron chi connectivity index (χ2n) is 5.86. The van der Waals surface area contributed by atoms with E-state index >= 15 is 0 Å². The highest BCUT2D eigenvalue weighted by Crippen LogP contribution is 2.19. The lowest BCUT2D eigenvalue weighted by atomic mass is 10.2. The van der Waals surface area contributed by atoms with E-state index in [1.54, 1.807) is 41.9 Å². The Morgan fingerprint density at radius 1 is 1.14 bits per heavy atom. The smallest absolute Gasteiger partial charge is 0.252 e. The molecule has 28 heavy (non-hydrogen) atoms. The van der Waals surface area contributed by atoms with Crippen molar-refractivity contribution in [2.24, 2.45) is 0 Å². The van der Waals surface area contributed by atoms with Crippen molar-refractivity contribution in [3.8, 4) is 11.6 Å². The summed E-state index contributed by atoms with van der Waals surface area (Å²) in [5.74, 6) is -0.0592. The van der Waals surface area contributed by atoms with Crippen LogP contribution in [0, 0.1) is 5.82 Å². The molecule has 0 saturated heterocycles. The maximum absolute atomic E-state index is 13.2. The first-order valence-corrected chi connectivity index (χ1v) is 9.50. The molecule has 0 fully saturated rings. The van der Waals surface area contributed by atoms with Crippen LogP contribution in [-0.2, 0) is 11.3 Å². The van der Waals surface area contributed by atoms with Gasteiger partial charge in [-0.1, -0.05) is 12.1 Å². The average molecular weight is 399 g/mol. The first kappa shape index (κ1) is 19.5. The number of nitrogens with one attached hydrogen (secondary N) is 2. The van der Waals surface area contributed by atoms with Crippen molar-refractivity contribution >= 4 is 23.2 Å². The number of benzene rings is 1. The fourth-order valence-electron chi connectivity index (χ4n) is 2.30. The molecule has 0 saturated carbocycles. The Hall–Kier alpha value is -3.26. The molecule has 1 aromatic carbocycles. The van der Waals surface area contributed by atoms with E-state index in [9.17, 15) is 14.0 Å². The Bertz CT molecular complexity index is 930. The van der Waals surface area contributed by atoms with Gasteiger partial charge in [-0.25, -0.2) is 9.37 Å². The zero-order valence-corrected chi connectivity index (χ0v) is 15.7. The molecule has 6 nitrogen and oxygen atoms in total. The number of amides is 2. The molecular formula is C20H18FN3O3S. The van der Waals surface area contributed by atoms with E-state index in [1.807, 2.05) is 5.38 Å². The lowest BCUT2D eigenvalue weighted by molar-refractivity contribution is -0.121. The lowest BCUT2D eigenvalue weighted by Gasteiger charge is -2.08. The molecule has 3 aromatic rings. The number of hydrogen-bond donors (Lipinski definition) is 2. The number of carbonyl (C=O) groups excluding carboxylic acids is 2. The first-order chi connectivity index (χ1) is 13.6. The van der Waals surface area contributed by atoms with Gasteiger partial charge >= 0.3 is 0 Å². The van der Waals surface area contributed by atoms with Crippen molar-refractivity contribution in [1.29, 1.82) is 0 Å². The zero-order valence-electron chi connectivity index (χ0n) is 14.9. The predicted octanol–water partition coefficient (Wildman–Crippen LogP) is 3.51. The summed E-state index contributed by atoms with van der Waals surface area (Å²) < 4.78 is 18.6. The highest BCUT2D eigenvalue weighted by atomic mass is 32.1. The summed E-state index contributed by atoms with van der Waals surface area (Å²) in [6, 6.07) is 10.9. The van der Waals surface area contributed by atoms with E-state index in [0.717, 1.165) is 5.56 Å². The van der Waals surface area contributed by atoms with Gasteiger partial charge < -0.3 is 15.4 Å². The number of halogens is 1. The Balaban J connectivity index is 1.39. The van der Waals surface area contributed by atoms with Gasteiger partial charge in [0.15, 0.2) is 0 Å². The minimum Gasteiger partial charge on any atom is -0.439 e. The number of carbonyl (C=O) groups is 2. The quantitative estimate of drug-likeness (QED) is 0.607. The second kappa shape index (κ2) is 9.61. The fraction of sp³-hybridized carbons (Fsp3) is 0.150. The minimum absolute atomic E-state index is 0.175. The standard InChI is InChI=1S/C20H18FN3O3S/c21-16-2-1-3-17(10-16)27-19-5-4-14(12-24-19)11-23-18(25)6-8-22-20(26)15-7-9-28-13-15/h1-5,7,9-10,12-13H,6,8,11H2,(H,22,26)(H,23,25). The predicted molar refractivity (Wildman–Crippen MR) is 104 cm³/mol. The number of thiophene rings is 1. The van der Waals surface area contributed by atoms with Crippen LogP contribution >= 0.6 is 11.3 Å². The molecule has 2 heterocycles. The first-order valence-electron chi connectivity index (χ1n) is 8.55. The molecule has 0 aliphatic rings. The van der Waals surface area contributed by atoms with Crippen LogP contribution < -0.4 is 15.4 Å². The third kappa shape index (κ3) is 5.88. The monoisotopic (exact) mass is 399 g/mol. The van der Waals surface area contributed by atoms with E-state index in [2.05, 4.69) is 15.6 Å². The summed E-state index contributed by atoms with van der Waals surface area (Å²) in [7, 11) is 0. The van der Waals surface area contributed by atoms with Crippen molar-refractivity contribution in [2.45, 2.75) is 13.0 Å².